The molecule has 1 rings (SSSR count). The third-order valence-corrected chi connectivity index (χ3v) is 3.30. The Morgan fingerprint density at radius 1 is 1.44 bits per heavy atom. The predicted octanol–water partition coefficient (Wildman–Crippen LogP) is 1.73. The molecule has 100 valence electrons. The molecule has 0 radical (unpaired) electrons. The number of carboxylic acids is 1. The van der Waals surface area contributed by atoms with E-state index in [4.69, 9.17) is 20.3 Å². The van der Waals surface area contributed by atoms with Gasteiger partial charge in [0.1, 0.15) is 6.04 Å². The molecule has 0 amide bonds. The van der Waals surface area contributed by atoms with E-state index in [1.165, 1.54) is 7.11 Å². The Hall–Kier alpha value is -1.27. The molecule has 5 nitrogen and oxygen atoms in total. The highest BCUT2D eigenvalue weighted by molar-refractivity contribution is 9.10. The molecule has 0 spiro atoms. The van der Waals surface area contributed by atoms with Gasteiger partial charge < -0.3 is 20.3 Å². The first-order valence-corrected chi connectivity index (χ1v) is 6.10. The Labute approximate surface area is 114 Å². The first-order chi connectivity index (χ1) is 8.42. The van der Waals surface area contributed by atoms with Gasteiger partial charge >= 0.3 is 5.97 Å². The Kier molecular flexibility index (Phi) is 4.98. The maximum atomic E-state index is 10.8. The van der Waals surface area contributed by atoms with Crippen LogP contribution in [0, 0.1) is 6.92 Å². The topological polar surface area (TPSA) is 81.8 Å². The molecule has 3 N–H and O–H groups in total. The molecular formula is C12H16BrNO4. The number of benzene rings is 1. The molecule has 1 unspecified atom stereocenters. The largest absolute Gasteiger partial charge is 0.493 e. The molecule has 0 aliphatic heterocycles. The molecule has 0 aliphatic carbocycles. The van der Waals surface area contributed by atoms with Gasteiger partial charge in [0, 0.05) is 0 Å². The Bertz CT molecular complexity index is 462. The minimum Gasteiger partial charge on any atom is -0.493 e. The quantitative estimate of drug-likeness (QED) is 0.864. The highest BCUT2D eigenvalue weighted by Crippen LogP contribution is 2.40. The number of halogens is 1. The number of carbonyl (C=O) groups is 1. The second-order valence-electron chi connectivity index (χ2n) is 3.86. The zero-order chi connectivity index (χ0) is 13.9. The highest BCUT2D eigenvalue weighted by Gasteiger charge is 2.19. The van der Waals surface area contributed by atoms with Gasteiger partial charge in [0.2, 0.25) is 0 Å². The molecule has 1 aromatic rings. The number of carboxylic acid groups (broad SMARTS) is 1. The summed E-state index contributed by atoms with van der Waals surface area (Å²) >= 11 is 3.37. The van der Waals surface area contributed by atoms with Crippen LogP contribution in [0.15, 0.2) is 10.5 Å². The van der Waals surface area contributed by atoms with Crippen LogP contribution in [0.2, 0.25) is 0 Å². The monoisotopic (exact) mass is 317 g/mol. The SMILES string of the molecule is COc1c(Br)cc(CC(N)C(=O)O)c(C)c1OC. The Balaban J connectivity index is 3.22. The average Bonchev–Trinajstić information content (AvgIpc) is 2.32. The van der Waals surface area contributed by atoms with Crippen molar-refractivity contribution >= 4 is 21.9 Å². The molecule has 0 saturated heterocycles. The Morgan fingerprint density at radius 2 is 2.00 bits per heavy atom. The van der Waals surface area contributed by atoms with Gasteiger partial charge in [-0.3, -0.25) is 4.79 Å². The van der Waals surface area contributed by atoms with Crippen LogP contribution >= 0.6 is 15.9 Å². The lowest BCUT2D eigenvalue weighted by Crippen LogP contribution is -2.32. The molecule has 6 heteroatoms. The minimum absolute atomic E-state index is 0.236. The van der Waals surface area contributed by atoms with Gasteiger partial charge in [-0.25, -0.2) is 0 Å². The summed E-state index contributed by atoms with van der Waals surface area (Å²) in [6.07, 6.45) is 0.236. The van der Waals surface area contributed by atoms with E-state index < -0.39 is 12.0 Å². The molecule has 0 aliphatic rings. The lowest BCUT2D eigenvalue weighted by Gasteiger charge is -2.17. The number of aliphatic carboxylic acids is 1. The van der Waals surface area contributed by atoms with Crippen molar-refractivity contribution in [3.63, 3.8) is 0 Å². The molecule has 0 heterocycles. The highest BCUT2D eigenvalue weighted by atomic mass is 79.9. The van der Waals surface area contributed by atoms with Gasteiger partial charge in [-0.2, -0.15) is 0 Å². The molecule has 0 aromatic heterocycles. The average molecular weight is 318 g/mol. The molecule has 0 saturated carbocycles. The van der Waals surface area contributed by atoms with Crippen LogP contribution in [0.3, 0.4) is 0 Å². The lowest BCUT2D eigenvalue weighted by molar-refractivity contribution is -0.138. The van der Waals surface area contributed by atoms with Gasteiger partial charge in [0.05, 0.1) is 18.7 Å². The summed E-state index contributed by atoms with van der Waals surface area (Å²) in [6, 6.07) is 0.869. The second-order valence-corrected chi connectivity index (χ2v) is 4.71. The Morgan fingerprint density at radius 3 is 2.44 bits per heavy atom. The van der Waals surface area contributed by atoms with Gasteiger partial charge in [0.15, 0.2) is 11.5 Å². The van der Waals surface area contributed by atoms with Crippen molar-refractivity contribution < 1.29 is 19.4 Å². The van der Waals surface area contributed by atoms with Gasteiger partial charge in [-0.15, -0.1) is 0 Å². The smallest absolute Gasteiger partial charge is 0.320 e. The van der Waals surface area contributed by atoms with Gasteiger partial charge in [-0.1, -0.05) is 0 Å². The zero-order valence-electron chi connectivity index (χ0n) is 10.5. The molecule has 0 bridgehead atoms. The maximum absolute atomic E-state index is 10.8. The van der Waals surface area contributed by atoms with Crippen molar-refractivity contribution in [1.82, 2.24) is 0 Å². The summed E-state index contributed by atoms with van der Waals surface area (Å²) < 4.78 is 11.2. The normalized spacial score (nSPS) is 12.1. The van der Waals surface area contributed by atoms with Crippen molar-refractivity contribution in [2.45, 2.75) is 19.4 Å². The van der Waals surface area contributed by atoms with Crippen molar-refractivity contribution in [3.05, 3.63) is 21.7 Å². The van der Waals surface area contributed by atoms with Crippen molar-refractivity contribution in [2.75, 3.05) is 14.2 Å². The summed E-state index contributed by atoms with van der Waals surface area (Å²) in [5.74, 6) is 0.141. The minimum atomic E-state index is -1.03. The maximum Gasteiger partial charge on any atom is 0.320 e. The number of hydrogen-bond acceptors (Lipinski definition) is 4. The van der Waals surface area contributed by atoms with E-state index in [1.807, 2.05) is 6.92 Å². The summed E-state index contributed by atoms with van der Waals surface area (Å²) in [7, 11) is 3.09. The molecule has 0 fully saturated rings. The molecular weight excluding hydrogens is 302 g/mol. The first kappa shape index (κ1) is 14.8. The van der Waals surface area contributed by atoms with Crippen LogP contribution in [0.1, 0.15) is 11.1 Å². The molecule has 1 aromatic carbocycles. The third-order valence-electron chi connectivity index (χ3n) is 2.71. The number of hydrogen-bond donors (Lipinski definition) is 2. The molecule has 1 atom stereocenters. The van der Waals surface area contributed by atoms with E-state index >= 15 is 0 Å². The number of methoxy groups -OCH3 is 2. The fraction of sp³-hybridized carbons (Fsp3) is 0.417. The van der Waals surface area contributed by atoms with Crippen LogP contribution in [0.25, 0.3) is 0 Å². The van der Waals surface area contributed by atoms with E-state index in [9.17, 15) is 4.79 Å². The third kappa shape index (κ3) is 2.94. The van der Waals surface area contributed by atoms with Crippen LogP contribution < -0.4 is 15.2 Å². The van der Waals surface area contributed by atoms with Gasteiger partial charge in [0.25, 0.3) is 0 Å². The van der Waals surface area contributed by atoms with Crippen LogP contribution in [-0.2, 0) is 11.2 Å². The standard InChI is InChI=1S/C12H16BrNO4/c1-6-7(5-9(14)12(15)16)4-8(13)11(18-3)10(6)17-2/h4,9H,5,14H2,1-3H3,(H,15,16). The zero-order valence-corrected chi connectivity index (χ0v) is 12.1. The summed E-state index contributed by atoms with van der Waals surface area (Å²) in [5, 5.41) is 8.84. The van der Waals surface area contributed by atoms with Crippen LogP contribution in [0.5, 0.6) is 11.5 Å². The van der Waals surface area contributed by atoms with E-state index in [1.54, 1.807) is 13.2 Å². The van der Waals surface area contributed by atoms with E-state index in [0.717, 1.165) is 11.1 Å². The number of nitrogens with two attached hydrogens (primary N) is 1. The van der Waals surface area contributed by atoms with Crippen LogP contribution in [0.4, 0.5) is 0 Å². The molecule has 18 heavy (non-hydrogen) atoms. The van der Waals surface area contributed by atoms with E-state index in [0.29, 0.717) is 16.0 Å². The van der Waals surface area contributed by atoms with E-state index in [-0.39, 0.29) is 6.42 Å². The van der Waals surface area contributed by atoms with Crippen molar-refractivity contribution in [1.29, 1.82) is 0 Å². The van der Waals surface area contributed by atoms with Crippen molar-refractivity contribution in [3.8, 4) is 11.5 Å². The van der Waals surface area contributed by atoms with E-state index in [2.05, 4.69) is 15.9 Å². The van der Waals surface area contributed by atoms with Crippen LogP contribution in [-0.4, -0.2) is 31.3 Å². The second kappa shape index (κ2) is 6.06. The predicted molar refractivity (Wildman–Crippen MR) is 71.3 cm³/mol. The first-order valence-electron chi connectivity index (χ1n) is 5.30. The number of rotatable bonds is 5. The fourth-order valence-electron chi connectivity index (χ4n) is 1.72. The summed E-state index contributed by atoms with van der Waals surface area (Å²) in [6.45, 7) is 1.84. The number of ether oxygens (including phenoxy) is 2. The lowest BCUT2D eigenvalue weighted by atomic mass is 10.00. The fourth-order valence-corrected chi connectivity index (χ4v) is 2.34. The van der Waals surface area contributed by atoms with Gasteiger partial charge in [-0.05, 0) is 46.5 Å². The summed E-state index contributed by atoms with van der Waals surface area (Å²) in [5.41, 5.74) is 7.18. The summed E-state index contributed by atoms with van der Waals surface area (Å²) in [4.78, 5) is 10.8. The van der Waals surface area contributed by atoms with Crippen molar-refractivity contribution in [2.24, 2.45) is 5.73 Å².